The Morgan fingerprint density at radius 2 is 1.19 bits per heavy atom. The SMILES string of the molecule is CCC(S)C(=O)O.CCC(S)C(=O)O.OCCOCCO. The van der Waals surface area contributed by atoms with E-state index in [-0.39, 0.29) is 13.2 Å². The van der Waals surface area contributed by atoms with Gasteiger partial charge in [-0.3, -0.25) is 9.59 Å². The number of aliphatic carboxylic acids is 2. The van der Waals surface area contributed by atoms with E-state index in [1.54, 1.807) is 13.8 Å². The lowest BCUT2D eigenvalue weighted by Gasteiger charge is -1.95. The summed E-state index contributed by atoms with van der Waals surface area (Å²) in [5.74, 6) is -1.68. The molecule has 4 N–H and O–H groups in total. The third-order valence-electron chi connectivity index (χ3n) is 1.81. The lowest BCUT2D eigenvalue weighted by molar-refractivity contribution is -0.137. The minimum atomic E-state index is -0.842. The minimum Gasteiger partial charge on any atom is -0.480 e. The second-order valence-corrected chi connectivity index (χ2v) is 4.83. The molecule has 0 aliphatic heterocycles. The van der Waals surface area contributed by atoms with Crippen molar-refractivity contribution in [3.63, 3.8) is 0 Å². The van der Waals surface area contributed by atoms with E-state index in [1.807, 2.05) is 0 Å². The number of carboxylic acids is 2. The van der Waals surface area contributed by atoms with Crippen molar-refractivity contribution in [2.75, 3.05) is 26.4 Å². The lowest BCUT2D eigenvalue weighted by Crippen LogP contribution is -2.10. The summed E-state index contributed by atoms with van der Waals surface area (Å²) in [5.41, 5.74) is 0. The van der Waals surface area contributed by atoms with Gasteiger partial charge in [0.1, 0.15) is 0 Å². The zero-order chi connectivity index (χ0) is 17.3. The molecule has 7 nitrogen and oxygen atoms in total. The van der Waals surface area contributed by atoms with Gasteiger partial charge in [-0.05, 0) is 12.8 Å². The fourth-order valence-electron chi connectivity index (χ4n) is 0.580. The maximum absolute atomic E-state index is 9.85. The number of thiol groups is 2. The lowest BCUT2D eigenvalue weighted by atomic mass is 10.3. The maximum Gasteiger partial charge on any atom is 0.316 e. The van der Waals surface area contributed by atoms with Gasteiger partial charge in [0, 0.05) is 0 Å². The van der Waals surface area contributed by atoms with Crippen LogP contribution in [0.2, 0.25) is 0 Å². The summed E-state index contributed by atoms with van der Waals surface area (Å²) in [6.07, 6.45) is 1.16. The zero-order valence-electron chi connectivity index (χ0n) is 12.3. The van der Waals surface area contributed by atoms with Gasteiger partial charge in [0.15, 0.2) is 0 Å². The number of carbonyl (C=O) groups is 2. The zero-order valence-corrected chi connectivity index (χ0v) is 14.1. The van der Waals surface area contributed by atoms with Crippen LogP contribution in [0.15, 0.2) is 0 Å². The van der Waals surface area contributed by atoms with Crippen molar-refractivity contribution in [2.24, 2.45) is 0 Å². The number of hydrogen-bond donors (Lipinski definition) is 6. The fraction of sp³-hybridized carbons (Fsp3) is 0.833. The highest BCUT2D eigenvalue weighted by Gasteiger charge is 2.06. The largest absolute Gasteiger partial charge is 0.480 e. The monoisotopic (exact) mass is 346 g/mol. The number of carboxylic acid groups (broad SMARTS) is 2. The molecule has 0 saturated heterocycles. The minimum absolute atomic E-state index is 0.0278. The van der Waals surface area contributed by atoms with E-state index < -0.39 is 22.4 Å². The summed E-state index contributed by atoms with van der Waals surface area (Å²) < 4.78 is 4.63. The highest BCUT2D eigenvalue weighted by atomic mass is 32.1. The van der Waals surface area contributed by atoms with Crippen LogP contribution < -0.4 is 0 Å². The van der Waals surface area contributed by atoms with E-state index in [4.69, 9.17) is 20.4 Å². The molecule has 2 atom stereocenters. The topological polar surface area (TPSA) is 124 Å². The number of aliphatic hydroxyl groups is 2. The number of ether oxygens (including phenoxy) is 1. The molecule has 128 valence electrons. The predicted octanol–water partition coefficient (Wildman–Crippen LogP) is 0.546. The van der Waals surface area contributed by atoms with Crippen LogP contribution in [-0.2, 0) is 14.3 Å². The molecule has 0 bridgehead atoms. The van der Waals surface area contributed by atoms with E-state index in [0.29, 0.717) is 26.1 Å². The molecule has 0 aliphatic carbocycles. The highest BCUT2D eigenvalue weighted by molar-refractivity contribution is 7.82. The molecular weight excluding hydrogens is 320 g/mol. The van der Waals surface area contributed by atoms with E-state index in [0.717, 1.165) is 0 Å². The fourth-order valence-corrected chi connectivity index (χ4v) is 0.580. The first-order chi connectivity index (χ1) is 9.78. The maximum atomic E-state index is 9.85. The molecule has 2 unspecified atom stereocenters. The normalized spacial score (nSPS) is 12.1. The third kappa shape index (κ3) is 24.9. The van der Waals surface area contributed by atoms with Crippen LogP contribution >= 0.6 is 25.3 Å². The van der Waals surface area contributed by atoms with Crippen LogP contribution in [0.25, 0.3) is 0 Å². The van der Waals surface area contributed by atoms with Gasteiger partial charge >= 0.3 is 11.9 Å². The number of rotatable bonds is 8. The van der Waals surface area contributed by atoms with Crippen molar-refractivity contribution in [2.45, 2.75) is 37.2 Å². The van der Waals surface area contributed by atoms with Gasteiger partial charge in [-0.1, -0.05) is 13.8 Å². The van der Waals surface area contributed by atoms with Crippen LogP contribution in [0.4, 0.5) is 0 Å². The molecule has 0 aliphatic rings. The number of aliphatic hydroxyl groups excluding tert-OH is 2. The Morgan fingerprint density at radius 3 is 1.29 bits per heavy atom. The molecule has 0 radical (unpaired) electrons. The first-order valence-corrected chi connectivity index (χ1v) is 7.42. The first-order valence-electron chi connectivity index (χ1n) is 6.39. The molecule has 0 aromatic heterocycles. The summed E-state index contributed by atoms with van der Waals surface area (Å²) in [7, 11) is 0. The third-order valence-corrected chi connectivity index (χ3v) is 2.99. The van der Waals surface area contributed by atoms with Gasteiger partial charge in [0.2, 0.25) is 0 Å². The summed E-state index contributed by atoms with van der Waals surface area (Å²) in [6, 6.07) is 0. The van der Waals surface area contributed by atoms with Gasteiger partial charge < -0.3 is 25.2 Å². The molecular formula is C12H26O7S2. The Balaban J connectivity index is -0.000000231. The van der Waals surface area contributed by atoms with Crippen molar-refractivity contribution >= 4 is 37.2 Å². The average molecular weight is 346 g/mol. The molecule has 21 heavy (non-hydrogen) atoms. The smallest absolute Gasteiger partial charge is 0.316 e. The summed E-state index contributed by atoms with van der Waals surface area (Å²) in [5, 5.41) is 31.4. The van der Waals surface area contributed by atoms with Crippen molar-refractivity contribution in [1.82, 2.24) is 0 Å². The van der Waals surface area contributed by atoms with Crippen molar-refractivity contribution in [3.05, 3.63) is 0 Å². The van der Waals surface area contributed by atoms with Crippen LogP contribution in [0.3, 0.4) is 0 Å². The molecule has 0 saturated carbocycles. The van der Waals surface area contributed by atoms with Crippen LogP contribution in [0.1, 0.15) is 26.7 Å². The second-order valence-electron chi connectivity index (χ2n) is 3.58. The Hall–Kier alpha value is -0.480. The Labute approximate surface area is 136 Å². The van der Waals surface area contributed by atoms with E-state index >= 15 is 0 Å². The van der Waals surface area contributed by atoms with Crippen LogP contribution in [0.5, 0.6) is 0 Å². The highest BCUT2D eigenvalue weighted by Crippen LogP contribution is 1.98. The Bertz CT molecular complexity index is 228. The molecule has 0 amide bonds. The van der Waals surface area contributed by atoms with Crippen molar-refractivity contribution < 1.29 is 34.8 Å². The van der Waals surface area contributed by atoms with Gasteiger partial charge in [0.25, 0.3) is 0 Å². The second kappa shape index (κ2) is 19.5. The van der Waals surface area contributed by atoms with Gasteiger partial charge in [-0.15, -0.1) is 0 Å². The summed E-state index contributed by atoms with van der Waals surface area (Å²) in [6.45, 7) is 4.26. The molecule has 0 fully saturated rings. The summed E-state index contributed by atoms with van der Waals surface area (Å²) >= 11 is 7.45. The molecule has 0 aromatic rings. The number of hydrogen-bond acceptors (Lipinski definition) is 7. The van der Waals surface area contributed by atoms with Crippen LogP contribution in [0, 0.1) is 0 Å². The molecule has 0 rings (SSSR count). The molecule has 0 spiro atoms. The van der Waals surface area contributed by atoms with Gasteiger partial charge in [-0.2, -0.15) is 25.3 Å². The quantitative estimate of drug-likeness (QED) is 0.280. The average Bonchev–Trinajstić information content (AvgIpc) is 2.47. The van der Waals surface area contributed by atoms with Crippen molar-refractivity contribution in [1.29, 1.82) is 0 Å². The van der Waals surface area contributed by atoms with Gasteiger partial charge in [0.05, 0.1) is 36.9 Å². The molecule has 0 heterocycles. The van der Waals surface area contributed by atoms with Gasteiger partial charge in [-0.25, -0.2) is 0 Å². The van der Waals surface area contributed by atoms with E-state index in [9.17, 15) is 9.59 Å². The van der Waals surface area contributed by atoms with E-state index in [1.165, 1.54) is 0 Å². The Morgan fingerprint density at radius 1 is 0.905 bits per heavy atom. The van der Waals surface area contributed by atoms with Crippen molar-refractivity contribution in [3.8, 4) is 0 Å². The Kier molecular flexibility index (Phi) is 23.7. The first kappa shape index (κ1) is 25.5. The summed E-state index contributed by atoms with van der Waals surface area (Å²) in [4.78, 5) is 19.7. The molecule has 9 heteroatoms. The molecule has 0 aromatic carbocycles. The van der Waals surface area contributed by atoms with Crippen LogP contribution in [-0.4, -0.2) is 69.3 Å². The standard InChI is InChI=1S/C4H10O3.2C4H8O2S/c5-1-3-7-4-2-6;2*1-2-3(7)4(5)6/h5-6H,1-4H2;2*3,7H,2H2,1H3,(H,5,6). The van der Waals surface area contributed by atoms with E-state index in [2.05, 4.69) is 30.0 Å². The predicted molar refractivity (Wildman–Crippen MR) is 86.4 cm³/mol.